The Bertz CT molecular complexity index is 281. The van der Waals surface area contributed by atoms with Crippen molar-refractivity contribution in [2.45, 2.75) is 19.8 Å². The molecule has 0 bridgehead atoms. The molecule has 2 heterocycles. The zero-order valence-electron chi connectivity index (χ0n) is 8.22. The third-order valence-corrected chi connectivity index (χ3v) is 2.48. The molecular weight excluding hydrogens is 182 g/mol. The van der Waals surface area contributed by atoms with Crippen molar-refractivity contribution in [1.82, 2.24) is 15.3 Å². The first-order valence-electron chi connectivity index (χ1n) is 4.74. The quantitative estimate of drug-likeness (QED) is 0.539. The Balaban J connectivity index is 2.16. The summed E-state index contributed by atoms with van der Waals surface area (Å²) < 4.78 is 0. The van der Waals surface area contributed by atoms with Crippen molar-refractivity contribution in [3.63, 3.8) is 0 Å². The normalized spacial score (nSPS) is 22.6. The number of hydrazine groups is 2. The lowest BCUT2D eigenvalue weighted by molar-refractivity contribution is -0.222. The fourth-order valence-electron chi connectivity index (χ4n) is 1.68. The zero-order valence-corrected chi connectivity index (χ0v) is 8.22. The predicted octanol–water partition coefficient (Wildman–Crippen LogP) is 0.0950. The molecule has 78 valence electrons. The molecule has 2 rings (SSSR count). The van der Waals surface area contributed by atoms with E-state index in [1.165, 1.54) is 12.8 Å². The average molecular weight is 197 g/mol. The van der Waals surface area contributed by atoms with E-state index in [4.69, 9.17) is 5.84 Å². The van der Waals surface area contributed by atoms with E-state index >= 15 is 0 Å². The van der Waals surface area contributed by atoms with Crippen molar-refractivity contribution < 1.29 is 5.21 Å². The van der Waals surface area contributed by atoms with Crippen LogP contribution >= 0.6 is 0 Å². The average Bonchev–Trinajstić information content (AvgIpc) is 2.66. The maximum absolute atomic E-state index is 9.35. The van der Waals surface area contributed by atoms with Gasteiger partial charge >= 0.3 is 0 Å². The van der Waals surface area contributed by atoms with Gasteiger partial charge in [-0.1, -0.05) is 0 Å². The van der Waals surface area contributed by atoms with E-state index in [0.717, 1.165) is 29.3 Å². The molecule has 2 aliphatic rings. The van der Waals surface area contributed by atoms with E-state index in [0.29, 0.717) is 5.70 Å². The minimum atomic E-state index is 0.671. The molecule has 14 heavy (non-hydrogen) atoms. The maximum Gasteiger partial charge on any atom is 0.154 e. The molecule has 1 saturated heterocycles. The summed E-state index contributed by atoms with van der Waals surface area (Å²) in [7, 11) is 0. The Morgan fingerprint density at radius 1 is 1.43 bits per heavy atom. The lowest BCUT2D eigenvalue weighted by Crippen LogP contribution is -2.45. The van der Waals surface area contributed by atoms with E-state index in [9.17, 15) is 5.21 Å². The van der Waals surface area contributed by atoms with E-state index in [2.05, 4.69) is 10.0 Å². The van der Waals surface area contributed by atoms with Gasteiger partial charge in [-0.05, 0) is 19.8 Å². The van der Waals surface area contributed by atoms with Crippen LogP contribution in [0.25, 0.3) is 0 Å². The van der Waals surface area contributed by atoms with Crippen LogP contribution < -0.4 is 5.84 Å². The largest absolute Gasteiger partial charge is 0.355 e. The number of hydrazone groups is 1. The standard InChI is InChI=1S/C8H15N5O/c1-7-6-8(10-13(9)12(7)14)11-4-2-3-5-11/h6,14H,2-5,9H2,1H3. The Morgan fingerprint density at radius 3 is 2.64 bits per heavy atom. The first-order chi connectivity index (χ1) is 6.68. The van der Waals surface area contributed by atoms with Crippen molar-refractivity contribution >= 4 is 5.84 Å². The zero-order chi connectivity index (χ0) is 10.1. The van der Waals surface area contributed by atoms with Gasteiger partial charge in [0.2, 0.25) is 0 Å². The molecule has 0 aromatic heterocycles. The topological polar surface area (TPSA) is 68.3 Å². The Morgan fingerprint density at radius 2 is 2.07 bits per heavy atom. The number of nitrogens with two attached hydrogens (primary N) is 1. The van der Waals surface area contributed by atoms with Crippen LogP contribution in [0.3, 0.4) is 0 Å². The van der Waals surface area contributed by atoms with Gasteiger partial charge in [0.25, 0.3) is 0 Å². The lowest BCUT2D eigenvalue weighted by Gasteiger charge is -2.30. The van der Waals surface area contributed by atoms with Gasteiger partial charge in [0.05, 0.1) is 5.70 Å². The number of likely N-dealkylation sites (tertiary alicyclic amines) is 1. The van der Waals surface area contributed by atoms with Gasteiger partial charge in [0, 0.05) is 19.2 Å². The minimum absolute atomic E-state index is 0.671. The first-order valence-corrected chi connectivity index (χ1v) is 4.74. The molecule has 6 nitrogen and oxygen atoms in total. The van der Waals surface area contributed by atoms with Crippen LogP contribution in [0.15, 0.2) is 16.9 Å². The molecule has 0 unspecified atom stereocenters. The monoisotopic (exact) mass is 197 g/mol. The van der Waals surface area contributed by atoms with E-state index in [1.54, 1.807) is 6.92 Å². The number of hydrogen-bond acceptors (Lipinski definition) is 6. The number of hydrogen-bond donors (Lipinski definition) is 2. The predicted molar refractivity (Wildman–Crippen MR) is 51.7 cm³/mol. The van der Waals surface area contributed by atoms with Crippen LogP contribution in [0.5, 0.6) is 0 Å². The smallest absolute Gasteiger partial charge is 0.154 e. The lowest BCUT2D eigenvalue weighted by atomic mass is 10.3. The van der Waals surface area contributed by atoms with Gasteiger partial charge in [-0.25, -0.2) is 5.84 Å². The van der Waals surface area contributed by atoms with Crippen LogP contribution in [0.1, 0.15) is 19.8 Å². The van der Waals surface area contributed by atoms with E-state index in [1.807, 2.05) is 6.08 Å². The molecular formula is C8H15N5O. The molecule has 6 heteroatoms. The van der Waals surface area contributed by atoms with Crippen molar-refractivity contribution in [3.05, 3.63) is 11.8 Å². The SMILES string of the molecule is CC1=CC(N2CCCC2)=NN(N)N1O. The Hall–Kier alpha value is -1.27. The molecule has 0 amide bonds. The summed E-state index contributed by atoms with van der Waals surface area (Å²) >= 11 is 0. The minimum Gasteiger partial charge on any atom is -0.355 e. The van der Waals surface area contributed by atoms with Crippen molar-refractivity contribution in [2.24, 2.45) is 10.9 Å². The second kappa shape index (κ2) is 3.47. The molecule has 1 fully saturated rings. The molecule has 0 aromatic rings. The highest BCUT2D eigenvalue weighted by Crippen LogP contribution is 2.15. The van der Waals surface area contributed by atoms with Gasteiger partial charge in [-0.15, -0.1) is 15.5 Å². The molecule has 0 aliphatic carbocycles. The third-order valence-electron chi connectivity index (χ3n) is 2.48. The number of nitrogens with zero attached hydrogens (tertiary/aromatic N) is 4. The van der Waals surface area contributed by atoms with Crippen LogP contribution in [0, 0.1) is 0 Å². The number of hydroxylamine groups is 1. The maximum atomic E-state index is 9.35. The molecule has 0 aromatic carbocycles. The van der Waals surface area contributed by atoms with Gasteiger partial charge in [0.15, 0.2) is 5.84 Å². The second-order valence-corrected chi connectivity index (χ2v) is 3.55. The summed E-state index contributed by atoms with van der Waals surface area (Å²) in [5.74, 6) is 6.31. The van der Waals surface area contributed by atoms with Crippen molar-refractivity contribution in [3.8, 4) is 0 Å². The van der Waals surface area contributed by atoms with Crippen LogP contribution in [-0.2, 0) is 0 Å². The van der Waals surface area contributed by atoms with Crippen LogP contribution in [0.4, 0.5) is 0 Å². The summed E-state index contributed by atoms with van der Waals surface area (Å²) in [6.45, 7) is 3.81. The number of rotatable bonds is 0. The first kappa shape index (κ1) is 9.29. The highest BCUT2D eigenvalue weighted by atomic mass is 16.6. The van der Waals surface area contributed by atoms with E-state index in [-0.39, 0.29) is 0 Å². The van der Waals surface area contributed by atoms with Gasteiger partial charge in [-0.2, -0.15) is 0 Å². The molecule has 2 aliphatic heterocycles. The molecule has 0 spiro atoms. The van der Waals surface area contributed by atoms with Crippen molar-refractivity contribution in [1.29, 1.82) is 0 Å². The van der Waals surface area contributed by atoms with Gasteiger partial charge < -0.3 is 4.90 Å². The fourth-order valence-corrected chi connectivity index (χ4v) is 1.68. The molecule has 3 N–H and O–H groups in total. The highest BCUT2D eigenvalue weighted by molar-refractivity contribution is 5.93. The van der Waals surface area contributed by atoms with Crippen molar-refractivity contribution in [2.75, 3.05) is 13.1 Å². The second-order valence-electron chi connectivity index (χ2n) is 3.55. The summed E-state index contributed by atoms with van der Waals surface area (Å²) in [5.41, 5.74) is 0.671. The summed E-state index contributed by atoms with van der Waals surface area (Å²) in [4.78, 5) is 2.16. The fraction of sp³-hybridized carbons (Fsp3) is 0.625. The summed E-state index contributed by atoms with van der Waals surface area (Å²) in [6.07, 6.45) is 4.22. The molecule has 0 radical (unpaired) electrons. The number of allylic oxidation sites excluding steroid dienone is 1. The summed E-state index contributed by atoms with van der Waals surface area (Å²) in [6, 6.07) is 0. The van der Waals surface area contributed by atoms with Gasteiger partial charge in [0.1, 0.15) is 0 Å². The molecule has 0 saturated carbocycles. The summed E-state index contributed by atoms with van der Waals surface area (Å²) in [5, 5.41) is 15.2. The van der Waals surface area contributed by atoms with Crippen LogP contribution in [0.2, 0.25) is 0 Å². The number of amidine groups is 1. The van der Waals surface area contributed by atoms with Crippen LogP contribution in [-0.4, -0.2) is 39.4 Å². The van der Waals surface area contributed by atoms with Gasteiger partial charge in [-0.3, -0.25) is 5.21 Å². The Labute approximate surface area is 82.8 Å². The van der Waals surface area contributed by atoms with E-state index < -0.39 is 0 Å². The third kappa shape index (κ3) is 1.53. The highest BCUT2D eigenvalue weighted by Gasteiger charge is 2.21. The molecule has 0 atom stereocenters. The Kier molecular flexibility index (Phi) is 2.30.